The van der Waals surface area contributed by atoms with E-state index in [-0.39, 0.29) is 17.0 Å². The van der Waals surface area contributed by atoms with Crippen molar-refractivity contribution in [3.63, 3.8) is 0 Å². The van der Waals surface area contributed by atoms with Crippen molar-refractivity contribution < 1.29 is 42.5 Å². The SMILES string of the molecule is Nc1ncnc2c1ncn2[C@@H]1O[C@H](CC(F)(F)P(=O)(O)OC(=O)n2ccnc2)[C@@H](O)[C@H]1O. The van der Waals surface area contributed by atoms with Gasteiger partial charge in [0, 0.05) is 12.4 Å². The zero-order chi connectivity index (χ0) is 23.3. The van der Waals surface area contributed by atoms with Gasteiger partial charge in [-0.05, 0) is 0 Å². The zero-order valence-electron chi connectivity index (χ0n) is 15.8. The van der Waals surface area contributed by atoms with E-state index in [2.05, 4.69) is 24.5 Å². The minimum Gasteiger partial charge on any atom is -0.388 e. The van der Waals surface area contributed by atoms with Crippen LogP contribution in [0.15, 0.2) is 31.4 Å². The van der Waals surface area contributed by atoms with Gasteiger partial charge in [-0.15, -0.1) is 0 Å². The maximum absolute atomic E-state index is 14.6. The molecule has 0 radical (unpaired) electrons. The summed E-state index contributed by atoms with van der Waals surface area (Å²) in [6, 6.07) is 0. The predicted octanol–water partition coefficient (Wildman–Crippen LogP) is 0.0774. The third-order valence-corrected chi connectivity index (χ3v) is 6.19. The van der Waals surface area contributed by atoms with Crippen LogP contribution >= 0.6 is 7.60 Å². The number of halogens is 2. The largest absolute Gasteiger partial charge is 0.449 e. The fraction of sp³-hybridized carbons (Fsp3) is 0.400. The van der Waals surface area contributed by atoms with Gasteiger partial charge in [0.2, 0.25) is 0 Å². The zero-order valence-corrected chi connectivity index (χ0v) is 16.7. The van der Waals surface area contributed by atoms with Crippen molar-refractivity contribution in [2.45, 2.75) is 36.6 Å². The number of aliphatic hydroxyl groups excluding tert-OH is 2. The minimum absolute atomic E-state index is 0.0193. The number of anilines is 1. The Kier molecular flexibility index (Phi) is 5.42. The first-order valence-electron chi connectivity index (χ1n) is 8.89. The number of carbonyl (C=O) groups is 1. The standard InChI is InChI=1S/C15H16F2N7O7P/c16-15(17,32(28,29)31-14(27)23-2-1-19-5-23)3-7-9(25)10(26)13(30-7)24-6-22-8-11(18)20-4-21-12(8)24/h1-2,4-7,9-10,13,25-26H,3H2,(H,28,29)(H2,18,20,21)/t7-,9-,10-,13-/m1/s1. The molecule has 0 aromatic carbocycles. The maximum Gasteiger partial charge on any atom is 0.449 e. The van der Waals surface area contributed by atoms with Gasteiger partial charge >= 0.3 is 19.4 Å². The number of ether oxygens (including phenoxy) is 1. The third-order valence-electron chi connectivity index (χ3n) is 4.78. The first-order valence-corrected chi connectivity index (χ1v) is 10.5. The van der Waals surface area contributed by atoms with Crippen molar-refractivity contribution in [2.75, 3.05) is 5.73 Å². The molecule has 1 saturated heterocycles. The highest BCUT2D eigenvalue weighted by atomic mass is 31.2. The number of nitrogen functional groups attached to an aromatic ring is 1. The van der Waals surface area contributed by atoms with Crippen LogP contribution in [-0.2, 0) is 13.8 Å². The molecule has 5 atom stereocenters. The number of alkyl halides is 2. The van der Waals surface area contributed by atoms with Gasteiger partial charge in [0.15, 0.2) is 17.7 Å². The second-order valence-corrected chi connectivity index (χ2v) is 8.72. The lowest BCUT2D eigenvalue weighted by Crippen LogP contribution is -2.35. The number of imidazole rings is 2. The lowest BCUT2D eigenvalue weighted by Gasteiger charge is -2.25. The molecule has 1 aliphatic heterocycles. The molecular formula is C15H16F2N7O7P. The van der Waals surface area contributed by atoms with Gasteiger partial charge in [0.25, 0.3) is 0 Å². The third kappa shape index (κ3) is 3.71. The Bertz CT molecular complexity index is 1190. The molecule has 4 heterocycles. The van der Waals surface area contributed by atoms with Crippen LogP contribution in [0.5, 0.6) is 0 Å². The summed E-state index contributed by atoms with van der Waals surface area (Å²) in [4.78, 5) is 36.6. The Balaban J connectivity index is 1.53. The molecule has 172 valence electrons. The lowest BCUT2D eigenvalue weighted by atomic mass is 10.1. The number of rotatable bonds is 5. The van der Waals surface area contributed by atoms with Crippen molar-refractivity contribution in [2.24, 2.45) is 0 Å². The average Bonchev–Trinajstić information content (AvgIpc) is 3.44. The van der Waals surface area contributed by atoms with Crippen molar-refractivity contribution >= 4 is 30.7 Å². The van der Waals surface area contributed by atoms with E-state index in [1.165, 1.54) is 0 Å². The van der Waals surface area contributed by atoms with Gasteiger partial charge in [-0.3, -0.25) is 4.57 Å². The number of carbonyl (C=O) groups excluding carboxylic acids is 1. The summed E-state index contributed by atoms with van der Waals surface area (Å²) in [6.07, 6.45) is -4.64. The molecule has 17 heteroatoms. The predicted molar refractivity (Wildman–Crippen MR) is 99.2 cm³/mol. The van der Waals surface area contributed by atoms with E-state index in [1.807, 2.05) is 0 Å². The monoisotopic (exact) mass is 475 g/mol. The molecule has 5 N–H and O–H groups in total. The van der Waals surface area contributed by atoms with Crippen LogP contribution in [0, 0.1) is 0 Å². The Morgan fingerprint density at radius 3 is 2.72 bits per heavy atom. The topological polar surface area (TPSA) is 201 Å². The van der Waals surface area contributed by atoms with Gasteiger partial charge in [0.1, 0.15) is 30.4 Å². The Labute approximate surface area is 176 Å². The van der Waals surface area contributed by atoms with E-state index in [4.69, 9.17) is 10.5 Å². The molecule has 0 aliphatic carbocycles. The minimum atomic E-state index is -5.88. The van der Waals surface area contributed by atoms with Crippen molar-refractivity contribution in [3.05, 3.63) is 31.4 Å². The fourth-order valence-electron chi connectivity index (χ4n) is 3.13. The molecule has 1 unspecified atom stereocenters. The molecule has 0 spiro atoms. The summed E-state index contributed by atoms with van der Waals surface area (Å²) < 4.78 is 52.5. The van der Waals surface area contributed by atoms with Crippen LogP contribution in [0.25, 0.3) is 11.2 Å². The number of hydrogen-bond acceptors (Lipinski definition) is 11. The van der Waals surface area contributed by atoms with Gasteiger partial charge in [-0.1, -0.05) is 0 Å². The summed E-state index contributed by atoms with van der Waals surface area (Å²) >= 11 is 0. The number of nitrogens with zero attached hydrogens (tertiary/aromatic N) is 6. The van der Waals surface area contributed by atoms with Crippen molar-refractivity contribution in [1.29, 1.82) is 0 Å². The first-order chi connectivity index (χ1) is 15.0. The molecular weight excluding hydrogens is 459 g/mol. The van der Waals surface area contributed by atoms with E-state index >= 15 is 0 Å². The average molecular weight is 475 g/mol. The molecule has 3 aromatic rings. The quantitative estimate of drug-likeness (QED) is 0.363. The number of hydrogen-bond donors (Lipinski definition) is 4. The summed E-state index contributed by atoms with van der Waals surface area (Å²) in [5, 5.41) is 20.6. The van der Waals surface area contributed by atoms with Crippen LogP contribution in [0.3, 0.4) is 0 Å². The number of nitrogens with two attached hydrogens (primary N) is 1. The van der Waals surface area contributed by atoms with Crippen LogP contribution in [0.2, 0.25) is 0 Å². The molecule has 1 aliphatic rings. The molecule has 32 heavy (non-hydrogen) atoms. The van der Waals surface area contributed by atoms with Crippen molar-refractivity contribution in [3.8, 4) is 0 Å². The highest BCUT2D eigenvalue weighted by Crippen LogP contribution is 2.60. The van der Waals surface area contributed by atoms with E-state index < -0.39 is 50.3 Å². The van der Waals surface area contributed by atoms with Crippen LogP contribution < -0.4 is 5.73 Å². The molecule has 4 rings (SSSR count). The van der Waals surface area contributed by atoms with E-state index in [9.17, 15) is 33.2 Å². The Morgan fingerprint density at radius 1 is 1.28 bits per heavy atom. The van der Waals surface area contributed by atoms with E-state index in [1.54, 1.807) is 0 Å². The second kappa shape index (κ2) is 7.83. The molecule has 1 fully saturated rings. The summed E-state index contributed by atoms with van der Waals surface area (Å²) in [5.74, 6) is 0.0193. The Morgan fingerprint density at radius 2 is 2.03 bits per heavy atom. The fourth-order valence-corrected chi connectivity index (χ4v) is 3.98. The molecule has 0 amide bonds. The second-order valence-electron chi connectivity index (χ2n) is 6.85. The van der Waals surface area contributed by atoms with Crippen LogP contribution in [-0.4, -0.2) is 74.2 Å². The van der Waals surface area contributed by atoms with Gasteiger partial charge < -0.3 is 30.1 Å². The van der Waals surface area contributed by atoms with Gasteiger partial charge in [0.05, 0.1) is 18.9 Å². The summed E-state index contributed by atoms with van der Waals surface area (Å²) in [6.45, 7) is 0. The normalized spacial score (nSPS) is 25.7. The highest BCUT2D eigenvalue weighted by Gasteiger charge is 2.58. The van der Waals surface area contributed by atoms with Gasteiger partial charge in [-0.25, -0.2) is 33.9 Å². The smallest absolute Gasteiger partial charge is 0.388 e. The Hall–Kier alpha value is -3.04. The number of fused-ring (bicyclic) bond motifs is 1. The molecule has 14 nitrogen and oxygen atoms in total. The van der Waals surface area contributed by atoms with E-state index in [0.717, 1.165) is 35.9 Å². The summed E-state index contributed by atoms with van der Waals surface area (Å²) in [5.41, 5.74) is 1.41. The van der Waals surface area contributed by atoms with Gasteiger partial charge in [-0.2, -0.15) is 8.78 Å². The maximum atomic E-state index is 14.6. The molecule has 0 saturated carbocycles. The molecule has 3 aromatic heterocycles. The highest BCUT2D eigenvalue weighted by molar-refractivity contribution is 7.54. The van der Waals surface area contributed by atoms with Crippen LogP contribution in [0.4, 0.5) is 19.4 Å². The van der Waals surface area contributed by atoms with Crippen LogP contribution in [0.1, 0.15) is 12.6 Å². The lowest BCUT2D eigenvalue weighted by molar-refractivity contribution is -0.0686. The van der Waals surface area contributed by atoms with Crippen molar-refractivity contribution in [1.82, 2.24) is 29.1 Å². The van der Waals surface area contributed by atoms with E-state index in [0.29, 0.717) is 4.57 Å². The summed E-state index contributed by atoms with van der Waals surface area (Å²) in [7, 11) is -5.88. The first kappa shape index (κ1) is 22.2. The molecule has 0 bridgehead atoms. The number of aromatic nitrogens is 6. The number of aliphatic hydroxyl groups is 2.